The van der Waals surface area contributed by atoms with Gasteiger partial charge in [-0.15, -0.1) is 0 Å². The number of rotatable bonds is 4. The number of carbonyl (C=O) groups excluding carboxylic acids is 2. The summed E-state index contributed by atoms with van der Waals surface area (Å²) in [5.41, 5.74) is 1.70. The molecule has 166 valence electrons. The van der Waals surface area contributed by atoms with Gasteiger partial charge in [0.05, 0.1) is 6.42 Å². The zero-order valence-corrected chi connectivity index (χ0v) is 17.8. The van der Waals surface area contributed by atoms with E-state index in [1.807, 2.05) is 31.2 Å². The van der Waals surface area contributed by atoms with Crippen molar-refractivity contribution in [2.75, 3.05) is 23.8 Å². The molecule has 33 heavy (non-hydrogen) atoms. The normalized spacial score (nSPS) is 19.9. The lowest BCUT2D eigenvalue weighted by molar-refractivity contribution is -0.137. The summed E-state index contributed by atoms with van der Waals surface area (Å²) in [5.74, 6) is 1.87. The van der Waals surface area contributed by atoms with Crippen molar-refractivity contribution in [1.82, 2.24) is 0 Å². The Morgan fingerprint density at radius 2 is 1.48 bits per heavy atom. The molecule has 6 rings (SSSR count). The van der Waals surface area contributed by atoms with Gasteiger partial charge in [0.1, 0.15) is 0 Å². The Bertz CT molecular complexity index is 1290. The minimum atomic E-state index is -1.21. The molecule has 8 nitrogen and oxygen atoms in total. The highest BCUT2D eigenvalue weighted by Gasteiger charge is 2.58. The average Bonchev–Trinajstić information content (AvgIpc) is 3.46. The van der Waals surface area contributed by atoms with Crippen molar-refractivity contribution in [3.05, 3.63) is 71.8 Å². The van der Waals surface area contributed by atoms with E-state index in [0.717, 1.165) is 11.1 Å². The molecule has 3 aromatic carbocycles. The Balaban J connectivity index is 1.41. The molecule has 8 heteroatoms. The molecule has 0 bridgehead atoms. The lowest BCUT2D eigenvalue weighted by atomic mass is 9.75. The second kappa shape index (κ2) is 7.16. The molecule has 3 aliphatic heterocycles. The van der Waals surface area contributed by atoms with Crippen LogP contribution in [0, 0.1) is 6.92 Å². The van der Waals surface area contributed by atoms with Crippen molar-refractivity contribution in [3.8, 4) is 23.0 Å². The number of β-lactam (4-membered cyclic amide) rings is 1. The summed E-state index contributed by atoms with van der Waals surface area (Å²) in [6.07, 6.45) is 0.0425. The summed E-state index contributed by atoms with van der Waals surface area (Å²) in [5, 5.41) is 2.98. The molecule has 0 aromatic heterocycles. The highest BCUT2D eigenvalue weighted by molar-refractivity contribution is 6.17. The molecule has 3 aromatic rings. The number of hydrogen-bond donors (Lipinski definition) is 1. The van der Waals surface area contributed by atoms with Crippen molar-refractivity contribution in [2.45, 2.75) is 18.9 Å². The van der Waals surface area contributed by atoms with Crippen molar-refractivity contribution < 1.29 is 28.5 Å². The van der Waals surface area contributed by atoms with Crippen LogP contribution >= 0.6 is 0 Å². The van der Waals surface area contributed by atoms with Crippen LogP contribution in [0.1, 0.15) is 17.5 Å². The molecule has 1 unspecified atom stereocenters. The molecule has 1 fully saturated rings. The van der Waals surface area contributed by atoms with Crippen LogP contribution in [0.3, 0.4) is 0 Å². The van der Waals surface area contributed by atoms with Crippen LogP contribution in [0.5, 0.6) is 23.0 Å². The Hall–Kier alpha value is -4.20. The quantitative estimate of drug-likeness (QED) is 0.618. The number of benzene rings is 3. The van der Waals surface area contributed by atoms with Gasteiger partial charge in [-0.25, -0.2) is 0 Å². The maximum absolute atomic E-state index is 13.8. The van der Waals surface area contributed by atoms with E-state index in [4.69, 9.17) is 18.9 Å². The number of fused-ring (bicyclic) bond motifs is 2. The summed E-state index contributed by atoms with van der Waals surface area (Å²) in [6.45, 7) is 2.25. The predicted octanol–water partition coefficient (Wildman–Crippen LogP) is 3.72. The standard InChI is InChI=1S/C25H20N2O6/c1-15-2-4-16(5-3-15)25(24(29)26-17-6-8-19-21(10-17)32-13-30-19)12-23(28)27(25)18-7-9-20-22(11-18)33-14-31-20/h2-11H,12-14H2,1H3,(H,26,29). The summed E-state index contributed by atoms with van der Waals surface area (Å²) >= 11 is 0. The first-order valence-electron chi connectivity index (χ1n) is 10.6. The molecule has 1 saturated heterocycles. The third kappa shape index (κ3) is 2.98. The minimum Gasteiger partial charge on any atom is -0.454 e. The van der Waals surface area contributed by atoms with Gasteiger partial charge in [0.15, 0.2) is 28.5 Å². The monoisotopic (exact) mass is 444 g/mol. The summed E-state index contributed by atoms with van der Waals surface area (Å²) in [7, 11) is 0. The largest absolute Gasteiger partial charge is 0.454 e. The van der Waals surface area contributed by atoms with Gasteiger partial charge in [0.2, 0.25) is 19.5 Å². The topological polar surface area (TPSA) is 86.3 Å². The first kappa shape index (κ1) is 19.5. The van der Waals surface area contributed by atoms with E-state index in [-0.39, 0.29) is 31.8 Å². The molecule has 0 spiro atoms. The molecular formula is C25H20N2O6. The third-order valence-corrected chi connectivity index (χ3v) is 6.19. The Morgan fingerprint density at radius 3 is 2.18 bits per heavy atom. The summed E-state index contributed by atoms with van der Waals surface area (Å²) < 4.78 is 21.7. The number of hydrogen-bond acceptors (Lipinski definition) is 6. The number of anilines is 2. The molecule has 2 amide bonds. The van der Waals surface area contributed by atoms with Crippen molar-refractivity contribution >= 4 is 23.2 Å². The second-order valence-corrected chi connectivity index (χ2v) is 8.19. The molecule has 1 atom stereocenters. The minimum absolute atomic E-state index is 0.0425. The molecular weight excluding hydrogens is 424 g/mol. The zero-order valence-electron chi connectivity index (χ0n) is 17.8. The van der Waals surface area contributed by atoms with Crippen LogP contribution in [0.15, 0.2) is 60.7 Å². The van der Waals surface area contributed by atoms with Crippen LogP contribution in [0.25, 0.3) is 0 Å². The smallest absolute Gasteiger partial charge is 0.255 e. The van der Waals surface area contributed by atoms with Crippen LogP contribution in [-0.4, -0.2) is 25.4 Å². The predicted molar refractivity (Wildman–Crippen MR) is 119 cm³/mol. The summed E-state index contributed by atoms with van der Waals surface area (Å²) in [6, 6.07) is 18.1. The van der Waals surface area contributed by atoms with E-state index in [1.165, 1.54) is 4.90 Å². The highest BCUT2D eigenvalue weighted by atomic mass is 16.7. The molecule has 0 saturated carbocycles. The van der Waals surface area contributed by atoms with Gasteiger partial charge in [-0.3, -0.25) is 14.5 Å². The van der Waals surface area contributed by atoms with Gasteiger partial charge in [-0.2, -0.15) is 0 Å². The Kier molecular flexibility index (Phi) is 4.23. The lowest BCUT2D eigenvalue weighted by Crippen LogP contribution is -2.67. The number of nitrogens with one attached hydrogen (secondary N) is 1. The van der Waals surface area contributed by atoms with Gasteiger partial charge < -0.3 is 24.3 Å². The van der Waals surface area contributed by atoms with Gasteiger partial charge in [-0.05, 0) is 36.8 Å². The fourth-order valence-corrected chi connectivity index (χ4v) is 4.47. The van der Waals surface area contributed by atoms with E-state index in [1.54, 1.807) is 36.4 Å². The maximum Gasteiger partial charge on any atom is 0.255 e. The van der Waals surface area contributed by atoms with Crippen LogP contribution < -0.4 is 29.2 Å². The first-order valence-corrected chi connectivity index (χ1v) is 10.6. The van der Waals surface area contributed by atoms with Crippen molar-refractivity contribution in [1.29, 1.82) is 0 Å². The van der Waals surface area contributed by atoms with E-state index in [0.29, 0.717) is 34.4 Å². The fourth-order valence-electron chi connectivity index (χ4n) is 4.47. The highest BCUT2D eigenvalue weighted by Crippen LogP contribution is 2.48. The number of ether oxygens (including phenoxy) is 4. The van der Waals surface area contributed by atoms with Crippen molar-refractivity contribution in [3.63, 3.8) is 0 Å². The number of amides is 2. The number of carbonyl (C=O) groups is 2. The average molecular weight is 444 g/mol. The molecule has 3 aliphatic rings. The molecule has 0 radical (unpaired) electrons. The molecule has 3 heterocycles. The van der Waals surface area contributed by atoms with Gasteiger partial charge in [-0.1, -0.05) is 29.8 Å². The van der Waals surface area contributed by atoms with Crippen molar-refractivity contribution in [2.24, 2.45) is 0 Å². The van der Waals surface area contributed by atoms with Gasteiger partial charge in [0, 0.05) is 23.5 Å². The van der Waals surface area contributed by atoms with Gasteiger partial charge in [0.25, 0.3) is 5.91 Å². The fraction of sp³-hybridized carbons (Fsp3) is 0.200. The maximum atomic E-state index is 13.8. The summed E-state index contributed by atoms with van der Waals surface area (Å²) in [4.78, 5) is 28.3. The van der Waals surface area contributed by atoms with Crippen LogP contribution in [-0.2, 0) is 15.1 Å². The van der Waals surface area contributed by atoms with Crippen LogP contribution in [0.4, 0.5) is 11.4 Å². The van der Waals surface area contributed by atoms with E-state index in [2.05, 4.69) is 5.32 Å². The second-order valence-electron chi connectivity index (χ2n) is 8.19. The van der Waals surface area contributed by atoms with Crippen LogP contribution in [0.2, 0.25) is 0 Å². The number of aryl methyl sites for hydroxylation is 1. The Labute approximate surface area is 189 Å². The Morgan fingerprint density at radius 1 is 0.848 bits per heavy atom. The molecule has 0 aliphatic carbocycles. The van der Waals surface area contributed by atoms with E-state index < -0.39 is 5.54 Å². The molecule has 1 N–H and O–H groups in total. The third-order valence-electron chi connectivity index (χ3n) is 6.19. The van der Waals surface area contributed by atoms with E-state index >= 15 is 0 Å². The first-order chi connectivity index (χ1) is 16.0. The van der Waals surface area contributed by atoms with E-state index in [9.17, 15) is 9.59 Å². The number of nitrogens with zero attached hydrogens (tertiary/aromatic N) is 1. The van der Waals surface area contributed by atoms with Gasteiger partial charge >= 0.3 is 0 Å². The SMILES string of the molecule is Cc1ccc(C2(C(=O)Nc3ccc4c(c3)OCO4)CC(=O)N2c2ccc3c(c2)OCO3)cc1. The lowest BCUT2D eigenvalue weighted by Gasteiger charge is -2.50. The zero-order chi connectivity index (χ0) is 22.6.